The summed E-state index contributed by atoms with van der Waals surface area (Å²) in [7, 11) is 0. The number of hydrogen-bond donors (Lipinski definition) is 2. The largest absolute Gasteiger partial charge is 0.340 e. The van der Waals surface area contributed by atoms with E-state index >= 15 is 0 Å². The van der Waals surface area contributed by atoms with Crippen LogP contribution in [0.15, 0.2) is 60.7 Å². The third-order valence-electron chi connectivity index (χ3n) is 3.11. The van der Waals surface area contributed by atoms with Crippen molar-refractivity contribution in [2.75, 3.05) is 5.32 Å². The molecule has 0 unspecified atom stereocenters. The molecule has 0 aliphatic rings. The number of benzene rings is 2. The predicted octanol–water partition coefficient (Wildman–Crippen LogP) is 2.83. The minimum atomic E-state index is -0.557. The Balaban J connectivity index is 1.99. The topological polar surface area (TPSA) is 58.2 Å². The smallest absolute Gasteiger partial charge is 0.251 e. The second kappa shape index (κ2) is 7.24. The van der Waals surface area contributed by atoms with Gasteiger partial charge in [0.25, 0.3) is 5.91 Å². The van der Waals surface area contributed by atoms with Gasteiger partial charge in [-0.25, -0.2) is 0 Å². The molecular weight excluding hydrogens is 264 g/mol. The first kappa shape index (κ1) is 14.8. The zero-order valence-electron chi connectivity index (χ0n) is 11.9. The van der Waals surface area contributed by atoms with Gasteiger partial charge in [0.1, 0.15) is 6.04 Å². The molecule has 108 valence electrons. The molecule has 2 amide bonds. The number of rotatable bonds is 5. The molecule has 2 aromatic rings. The zero-order valence-corrected chi connectivity index (χ0v) is 11.9. The first-order valence-corrected chi connectivity index (χ1v) is 6.92. The Bertz CT molecular complexity index is 597. The fourth-order valence-corrected chi connectivity index (χ4v) is 1.93. The highest BCUT2D eigenvalue weighted by Gasteiger charge is 2.19. The Hall–Kier alpha value is -2.62. The number of carbonyl (C=O) groups is 2. The number of amides is 2. The molecule has 4 nitrogen and oxygen atoms in total. The van der Waals surface area contributed by atoms with Gasteiger partial charge in [-0.15, -0.1) is 0 Å². The Morgan fingerprint density at radius 3 is 2.10 bits per heavy atom. The molecule has 0 spiro atoms. The maximum absolute atomic E-state index is 12.2. The Morgan fingerprint density at radius 1 is 0.952 bits per heavy atom. The molecule has 2 N–H and O–H groups in total. The summed E-state index contributed by atoms with van der Waals surface area (Å²) in [6, 6.07) is 17.5. The van der Waals surface area contributed by atoms with Crippen LogP contribution in [0, 0.1) is 0 Å². The van der Waals surface area contributed by atoms with Crippen molar-refractivity contribution < 1.29 is 9.59 Å². The van der Waals surface area contributed by atoms with Crippen molar-refractivity contribution in [3.63, 3.8) is 0 Å². The SMILES string of the molecule is CC[C@H](NC(=O)c1ccccc1)C(=O)Nc1ccccc1. The summed E-state index contributed by atoms with van der Waals surface area (Å²) in [5, 5.41) is 5.55. The molecule has 4 heteroatoms. The fraction of sp³-hybridized carbons (Fsp3) is 0.176. The van der Waals surface area contributed by atoms with E-state index in [1.807, 2.05) is 43.3 Å². The van der Waals surface area contributed by atoms with Crippen LogP contribution < -0.4 is 10.6 Å². The first-order valence-electron chi connectivity index (χ1n) is 6.92. The van der Waals surface area contributed by atoms with Crippen molar-refractivity contribution in [2.45, 2.75) is 19.4 Å². The number of para-hydroxylation sites is 1. The minimum Gasteiger partial charge on any atom is -0.340 e. The van der Waals surface area contributed by atoms with Crippen molar-refractivity contribution >= 4 is 17.5 Å². The molecule has 0 radical (unpaired) electrons. The zero-order chi connectivity index (χ0) is 15.1. The quantitative estimate of drug-likeness (QED) is 0.886. The second-order valence-electron chi connectivity index (χ2n) is 4.66. The van der Waals surface area contributed by atoms with Gasteiger partial charge in [-0.2, -0.15) is 0 Å². The summed E-state index contributed by atoms with van der Waals surface area (Å²) < 4.78 is 0. The number of anilines is 1. The summed E-state index contributed by atoms with van der Waals surface area (Å²) >= 11 is 0. The maximum atomic E-state index is 12.2. The summed E-state index contributed by atoms with van der Waals surface area (Å²) in [5.41, 5.74) is 1.26. The van der Waals surface area contributed by atoms with Crippen LogP contribution in [0.1, 0.15) is 23.7 Å². The van der Waals surface area contributed by atoms with E-state index in [2.05, 4.69) is 10.6 Å². The maximum Gasteiger partial charge on any atom is 0.251 e. The molecule has 0 saturated carbocycles. The van der Waals surface area contributed by atoms with Gasteiger partial charge in [-0.1, -0.05) is 43.3 Å². The molecule has 2 rings (SSSR count). The number of carbonyl (C=O) groups excluding carboxylic acids is 2. The molecule has 0 fully saturated rings. The molecule has 1 atom stereocenters. The number of hydrogen-bond acceptors (Lipinski definition) is 2. The summed E-state index contributed by atoms with van der Waals surface area (Å²) in [4.78, 5) is 24.3. The van der Waals surface area contributed by atoms with Gasteiger partial charge < -0.3 is 10.6 Å². The van der Waals surface area contributed by atoms with Crippen LogP contribution >= 0.6 is 0 Å². The standard InChI is InChI=1S/C17H18N2O2/c1-2-15(17(21)18-14-11-7-4-8-12-14)19-16(20)13-9-5-3-6-10-13/h3-12,15H,2H2,1H3,(H,18,21)(H,19,20)/t15-/m0/s1. The lowest BCUT2D eigenvalue weighted by atomic mass is 10.1. The van der Waals surface area contributed by atoms with Gasteiger partial charge in [0.2, 0.25) is 5.91 Å². The third kappa shape index (κ3) is 4.18. The summed E-state index contributed by atoms with van der Waals surface area (Å²) in [5.74, 6) is -0.460. The van der Waals surface area contributed by atoms with Crippen molar-refractivity contribution in [2.24, 2.45) is 0 Å². The highest BCUT2D eigenvalue weighted by atomic mass is 16.2. The Labute approximate surface area is 124 Å². The summed E-state index contributed by atoms with van der Waals surface area (Å²) in [6.45, 7) is 1.86. The highest BCUT2D eigenvalue weighted by molar-refractivity contribution is 6.01. The molecule has 21 heavy (non-hydrogen) atoms. The molecule has 0 saturated heterocycles. The molecule has 0 aromatic heterocycles. The monoisotopic (exact) mass is 282 g/mol. The van der Waals surface area contributed by atoms with Crippen LogP contribution in [0.4, 0.5) is 5.69 Å². The van der Waals surface area contributed by atoms with Crippen LogP contribution in [0.5, 0.6) is 0 Å². The fourth-order valence-electron chi connectivity index (χ4n) is 1.93. The van der Waals surface area contributed by atoms with Crippen molar-refractivity contribution in [3.05, 3.63) is 66.2 Å². The highest BCUT2D eigenvalue weighted by Crippen LogP contribution is 2.07. The molecule has 0 bridgehead atoms. The van der Waals surface area contributed by atoms with Gasteiger partial charge in [-0.3, -0.25) is 9.59 Å². The Morgan fingerprint density at radius 2 is 1.52 bits per heavy atom. The first-order chi connectivity index (χ1) is 10.2. The van der Waals surface area contributed by atoms with Gasteiger partial charge in [0.15, 0.2) is 0 Å². The van der Waals surface area contributed by atoms with Crippen LogP contribution in [0.3, 0.4) is 0 Å². The van der Waals surface area contributed by atoms with Crippen LogP contribution in [-0.2, 0) is 4.79 Å². The van der Waals surface area contributed by atoms with Crippen LogP contribution in [0.2, 0.25) is 0 Å². The average Bonchev–Trinajstić information content (AvgIpc) is 2.54. The lowest BCUT2D eigenvalue weighted by Crippen LogP contribution is -2.43. The van der Waals surface area contributed by atoms with Crippen molar-refractivity contribution in [1.82, 2.24) is 5.32 Å². The van der Waals surface area contributed by atoms with E-state index < -0.39 is 6.04 Å². The van der Waals surface area contributed by atoms with E-state index in [4.69, 9.17) is 0 Å². The lowest BCUT2D eigenvalue weighted by molar-refractivity contribution is -0.118. The van der Waals surface area contributed by atoms with E-state index in [-0.39, 0.29) is 11.8 Å². The summed E-state index contributed by atoms with van der Waals surface area (Å²) in [6.07, 6.45) is 0.525. The Kier molecular flexibility index (Phi) is 5.10. The van der Waals surface area contributed by atoms with Gasteiger partial charge in [0, 0.05) is 11.3 Å². The molecule has 0 aliphatic heterocycles. The predicted molar refractivity (Wildman–Crippen MR) is 83.1 cm³/mol. The van der Waals surface area contributed by atoms with E-state index in [0.717, 1.165) is 5.69 Å². The van der Waals surface area contributed by atoms with E-state index in [1.54, 1.807) is 24.3 Å². The molecule has 2 aromatic carbocycles. The van der Waals surface area contributed by atoms with Gasteiger partial charge in [0.05, 0.1) is 0 Å². The van der Waals surface area contributed by atoms with Gasteiger partial charge >= 0.3 is 0 Å². The molecule has 0 aliphatic carbocycles. The van der Waals surface area contributed by atoms with Crippen molar-refractivity contribution in [1.29, 1.82) is 0 Å². The second-order valence-corrected chi connectivity index (χ2v) is 4.66. The average molecular weight is 282 g/mol. The lowest BCUT2D eigenvalue weighted by Gasteiger charge is -2.16. The van der Waals surface area contributed by atoms with Crippen LogP contribution in [0.25, 0.3) is 0 Å². The molecular formula is C17H18N2O2. The number of nitrogens with one attached hydrogen (secondary N) is 2. The van der Waals surface area contributed by atoms with Gasteiger partial charge in [-0.05, 0) is 30.7 Å². The van der Waals surface area contributed by atoms with E-state index in [0.29, 0.717) is 12.0 Å². The van der Waals surface area contributed by atoms with E-state index in [1.165, 1.54) is 0 Å². The molecule has 0 heterocycles. The van der Waals surface area contributed by atoms with Crippen LogP contribution in [-0.4, -0.2) is 17.9 Å². The normalized spacial score (nSPS) is 11.5. The third-order valence-corrected chi connectivity index (χ3v) is 3.11. The minimum absolute atomic E-state index is 0.215. The van der Waals surface area contributed by atoms with Crippen molar-refractivity contribution in [3.8, 4) is 0 Å². The van der Waals surface area contributed by atoms with E-state index in [9.17, 15) is 9.59 Å².